The van der Waals surface area contributed by atoms with Gasteiger partial charge in [-0.1, -0.05) is 39.3 Å². The minimum atomic E-state index is -0.865. The quantitative estimate of drug-likeness (QED) is 0.582. The van der Waals surface area contributed by atoms with Crippen molar-refractivity contribution in [1.82, 2.24) is 9.80 Å². The molecule has 0 aliphatic carbocycles. The van der Waals surface area contributed by atoms with Gasteiger partial charge in [0.2, 0.25) is 0 Å². The summed E-state index contributed by atoms with van der Waals surface area (Å²) in [5.41, 5.74) is 2.22. The predicted octanol–water partition coefficient (Wildman–Crippen LogP) is 2.92. The van der Waals surface area contributed by atoms with Crippen molar-refractivity contribution >= 4 is 33.4 Å². The molecule has 2 unspecified atom stereocenters. The lowest BCUT2D eigenvalue weighted by atomic mass is 10.0. The highest BCUT2D eigenvalue weighted by Gasteiger charge is 2.59. The molecule has 0 aromatic heterocycles. The molecule has 3 aliphatic heterocycles. The van der Waals surface area contributed by atoms with Gasteiger partial charge in [-0.25, -0.2) is 0 Å². The molecule has 3 heterocycles. The molecule has 2 bridgehead atoms. The van der Waals surface area contributed by atoms with Gasteiger partial charge in [0, 0.05) is 20.5 Å². The largest absolute Gasteiger partial charge is 0.490 e. The number of amides is 2. The number of carbonyl (C=O) groups is 2. The molecule has 2 amide bonds. The lowest BCUT2D eigenvalue weighted by molar-refractivity contribution is -0.157. The second kappa shape index (κ2) is 6.96. The van der Waals surface area contributed by atoms with E-state index < -0.39 is 10.2 Å². The number of benzene rings is 1. The van der Waals surface area contributed by atoms with Gasteiger partial charge in [-0.15, -0.1) is 0 Å². The van der Waals surface area contributed by atoms with E-state index in [0.29, 0.717) is 13.0 Å². The van der Waals surface area contributed by atoms with Crippen molar-refractivity contribution < 1.29 is 14.3 Å². The maximum absolute atomic E-state index is 12.8. The highest BCUT2D eigenvalue weighted by molar-refractivity contribution is 8.78. The second-order valence-electron chi connectivity index (χ2n) is 6.54. The van der Waals surface area contributed by atoms with E-state index >= 15 is 0 Å². The van der Waals surface area contributed by atoms with Crippen LogP contribution in [0.25, 0.3) is 0 Å². The van der Waals surface area contributed by atoms with Gasteiger partial charge < -0.3 is 14.5 Å². The molecule has 134 valence electrons. The molecule has 3 fully saturated rings. The van der Waals surface area contributed by atoms with Crippen molar-refractivity contribution in [2.24, 2.45) is 0 Å². The third-order valence-electron chi connectivity index (χ3n) is 4.48. The molecule has 3 saturated heterocycles. The first-order valence-corrected chi connectivity index (χ1v) is 10.3. The summed E-state index contributed by atoms with van der Waals surface area (Å²) in [6.45, 7) is 4.61. The number of carbonyl (C=O) groups excluding carboxylic acids is 2. The van der Waals surface area contributed by atoms with Gasteiger partial charge in [0.1, 0.15) is 12.4 Å². The van der Waals surface area contributed by atoms with Gasteiger partial charge in [-0.05, 0) is 37.6 Å². The van der Waals surface area contributed by atoms with Crippen LogP contribution in [-0.4, -0.2) is 52.6 Å². The Labute approximate surface area is 156 Å². The van der Waals surface area contributed by atoms with Gasteiger partial charge in [-0.3, -0.25) is 9.59 Å². The van der Waals surface area contributed by atoms with Crippen LogP contribution in [0.4, 0.5) is 0 Å². The molecule has 1 aromatic carbocycles. The smallest absolute Gasteiger partial charge is 0.261 e. The fourth-order valence-electron chi connectivity index (χ4n) is 2.87. The van der Waals surface area contributed by atoms with E-state index in [9.17, 15) is 9.59 Å². The lowest BCUT2D eigenvalue weighted by Gasteiger charge is -2.53. The number of rotatable bonds is 5. The Morgan fingerprint density at radius 3 is 2.56 bits per heavy atom. The number of hydrogen-bond acceptors (Lipinski definition) is 5. The Morgan fingerprint density at radius 1 is 1.24 bits per heavy atom. The van der Waals surface area contributed by atoms with Crippen LogP contribution in [0.3, 0.4) is 0 Å². The van der Waals surface area contributed by atoms with Crippen molar-refractivity contribution in [3.8, 4) is 5.75 Å². The molecule has 5 nitrogen and oxygen atoms in total. The molecule has 4 rings (SSSR count). The molecule has 3 aliphatic rings. The van der Waals surface area contributed by atoms with Gasteiger partial charge in [0.05, 0.1) is 0 Å². The predicted molar refractivity (Wildman–Crippen MR) is 102 cm³/mol. The van der Waals surface area contributed by atoms with Crippen LogP contribution in [0.2, 0.25) is 0 Å². The van der Waals surface area contributed by atoms with Crippen LogP contribution < -0.4 is 4.74 Å². The van der Waals surface area contributed by atoms with Crippen LogP contribution in [0.1, 0.15) is 19.4 Å². The number of piperazine rings is 1. The standard InChI is InChI=1S/C18H22N2O3S2/c1-12(2)9-10-23-14-7-5-13(6-8-14)11-18-17(22)19(3)16(24-25-18)15(21)20(18)4/h5-9,16H,10-11H2,1-4H3. The zero-order chi connectivity index (χ0) is 18.2. The van der Waals surface area contributed by atoms with E-state index in [1.807, 2.05) is 44.2 Å². The van der Waals surface area contributed by atoms with E-state index in [1.54, 1.807) is 23.9 Å². The Balaban J connectivity index is 1.75. The van der Waals surface area contributed by atoms with E-state index in [1.165, 1.54) is 27.2 Å². The molecule has 2 atom stereocenters. The fraction of sp³-hybridized carbons (Fsp3) is 0.444. The van der Waals surface area contributed by atoms with Crippen LogP contribution in [0.5, 0.6) is 5.75 Å². The molecule has 0 spiro atoms. The molecule has 0 N–H and O–H groups in total. The van der Waals surface area contributed by atoms with Crippen molar-refractivity contribution in [2.75, 3.05) is 20.7 Å². The van der Waals surface area contributed by atoms with Gasteiger partial charge >= 0.3 is 0 Å². The Bertz CT molecular complexity index is 716. The van der Waals surface area contributed by atoms with Crippen LogP contribution in [-0.2, 0) is 16.0 Å². The summed E-state index contributed by atoms with van der Waals surface area (Å²) < 4.78 is 5.67. The molecule has 0 saturated carbocycles. The van der Waals surface area contributed by atoms with E-state index in [0.717, 1.165) is 11.3 Å². The number of likely N-dealkylation sites (N-methyl/N-ethyl adjacent to an activating group) is 2. The van der Waals surface area contributed by atoms with Gasteiger partial charge in [0.25, 0.3) is 11.8 Å². The zero-order valence-electron chi connectivity index (χ0n) is 14.8. The first-order chi connectivity index (χ1) is 11.8. The third-order valence-corrected chi connectivity index (χ3v) is 7.80. The Hall–Kier alpha value is -1.60. The summed E-state index contributed by atoms with van der Waals surface area (Å²) in [5.74, 6) is 0.778. The van der Waals surface area contributed by atoms with Crippen molar-refractivity contribution in [3.05, 3.63) is 41.5 Å². The topological polar surface area (TPSA) is 49.9 Å². The first kappa shape index (κ1) is 18.2. The van der Waals surface area contributed by atoms with E-state index in [2.05, 4.69) is 0 Å². The minimum absolute atomic E-state index is 0.00692. The maximum atomic E-state index is 12.8. The first-order valence-electron chi connectivity index (χ1n) is 8.10. The van der Waals surface area contributed by atoms with Crippen molar-refractivity contribution in [2.45, 2.75) is 30.5 Å². The van der Waals surface area contributed by atoms with Crippen LogP contribution in [0, 0.1) is 0 Å². The number of hydrogen-bond donors (Lipinski definition) is 0. The summed E-state index contributed by atoms with van der Waals surface area (Å²) in [6, 6.07) is 7.74. The van der Waals surface area contributed by atoms with Crippen molar-refractivity contribution in [1.29, 1.82) is 0 Å². The van der Waals surface area contributed by atoms with E-state index in [4.69, 9.17) is 4.74 Å². The zero-order valence-corrected chi connectivity index (χ0v) is 16.4. The third kappa shape index (κ3) is 3.27. The molecular weight excluding hydrogens is 356 g/mol. The summed E-state index contributed by atoms with van der Waals surface area (Å²) in [7, 11) is 6.40. The highest BCUT2D eigenvalue weighted by atomic mass is 33.1. The number of fused-ring (bicyclic) bond motifs is 3. The average molecular weight is 379 g/mol. The van der Waals surface area contributed by atoms with E-state index in [-0.39, 0.29) is 11.8 Å². The highest BCUT2D eigenvalue weighted by Crippen LogP contribution is 2.53. The lowest BCUT2D eigenvalue weighted by Crippen LogP contribution is -2.70. The number of ether oxygens (including phenoxy) is 1. The fourth-order valence-corrected chi connectivity index (χ4v) is 6.34. The summed E-state index contributed by atoms with van der Waals surface area (Å²) >= 11 is 0. The normalized spacial score (nSPS) is 25.4. The summed E-state index contributed by atoms with van der Waals surface area (Å²) in [6.07, 6.45) is 2.51. The molecular formula is C18H22N2O3S2. The number of allylic oxidation sites excluding steroid dienone is 1. The number of nitrogens with zero attached hydrogens (tertiary/aromatic N) is 2. The molecule has 0 radical (unpaired) electrons. The molecule has 25 heavy (non-hydrogen) atoms. The average Bonchev–Trinajstić information content (AvgIpc) is 2.58. The molecule has 7 heteroatoms. The van der Waals surface area contributed by atoms with Crippen molar-refractivity contribution in [3.63, 3.8) is 0 Å². The summed E-state index contributed by atoms with van der Waals surface area (Å²) in [5, 5.41) is -0.407. The Kier molecular flexibility index (Phi) is 5.06. The van der Waals surface area contributed by atoms with Gasteiger partial charge in [-0.2, -0.15) is 0 Å². The van der Waals surface area contributed by atoms with Gasteiger partial charge in [0.15, 0.2) is 10.2 Å². The van der Waals surface area contributed by atoms with Crippen LogP contribution in [0.15, 0.2) is 35.9 Å². The maximum Gasteiger partial charge on any atom is 0.261 e. The van der Waals surface area contributed by atoms with Crippen LogP contribution >= 0.6 is 21.6 Å². The summed E-state index contributed by atoms with van der Waals surface area (Å²) in [4.78, 5) is 27.6. The SMILES string of the molecule is CC(C)=CCOc1ccc(CC23SSC(C(=O)N2C)N(C)C3=O)cc1. The second-order valence-corrected chi connectivity index (χ2v) is 9.10. The monoisotopic (exact) mass is 378 g/mol. The Morgan fingerprint density at radius 2 is 1.92 bits per heavy atom. The minimum Gasteiger partial charge on any atom is -0.490 e. The molecule has 1 aromatic rings.